The zero-order valence-electron chi connectivity index (χ0n) is 7.46. The van der Waals surface area contributed by atoms with E-state index in [1.807, 2.05) is 0 Å². The van der Waals surface area contributed by atoms with Crippen molar-refractivity contribution in [1.82, 2.24) is 4.90 Å². The highest BCUT2D eigenvalue weighted by Gasteiger charge is 2.24. The van der Waals surface area contributed by atoms with Crippen molar-refractivity contribution < 1.29 is 0 Å². The van der Waals surface area contributed by atoms with E-state index in [4.69, 9.17) is 5.73 Å². The van der Waals surface area contributed by atoms with Gasteiger partial charge in [0.05, 0.1) is 0 Å². The first-order chi connectivity index (χ1) is 5.11. The minimum atomic E-state index is 0.358. The van der Waals surface area contributed by atoms with Crippen LogP contribution in [0.2, 0.25) is 0 Å². The fraction of sp³-hybridized carbons (Fsp3) is 1.00. The fourth-order valence-electron chi connectivity index (χ4n) is 1.50. The molecule has 1 saturated heterocycles. The summed E-state index contributed by atoms with van der Waals surface area (Å²) in [5.74, 6) is 0. The quantitative estimate of drug-likeness (QED) is 0.592. The molecular formula is C8H19N2P. The van der Waals surface area contributed by atoms with Gasteiger partial charge in [0, 0.05) is 18.6 Å². The molecule has 0 aromatic heterocycles. The van der Waals surface area contributed by atoms with Gasteiger partial charge in [0.15, 0.2) is 0 Å². The summed E-state index contributed by atoms with van der Waals surface area (Å²) in [5, 5.41) is 0. The molecule has 1 heterocycles. The van der Waals surface area contributed by atoms with Gasteiger partial charge >= 0.3 is 0 Å². The molecule has 0 bridgehead atoms. The Labute approximate surface area is 71.7 Å². The first-order valence-corrected chi connectivity index (χ1v) is 5.03. The van der Waals surface area contributed by atoms with Gasteiger partial charge in [-0.25, -0.2) is 0 Å². The number of piperidine rings is 1. The average Bonchev–Trinajstić information content (AvgIpc) is 1.94. The molecule has 66 valence electrons. The molecule has 0 saturated carbocycles. The van der Waals surface area contributed by atoms with Crippen molar-refractivity contribution in [1.29, 1.82) is 0 Å². The maximum absolute atomic E-state index is 5.94. The smallest absolute Gasteiger partial charge is 0.0232 e. The van der Waals surface area contributed by atoms with Gasteiger partial charge in [-0.3, -0.25) is 4.90 Å². The van der Waals surface area contributed by atoms with E-state index < -0.39 is 0 Å². The van der Waals surface area contributed by atoms with Crippen LogP contribution in [0.25, 0.3) is 0 Å². The summed E-state index contributed by atoms with van der Waals surface area (Å²) in [7, 11) is 2.84. The second-order valence-corrected chi connectivity index (χ2v) is 4.56. The van der Waals surface area contributed by atoms with Crippen molar-refractivity contribution in [3.63, 3.8) is 0 Å². The summed E-state index contributed by atoms with van der Waals surface area (Å²) in [6.45, 7) is 6.73. The molecule has 0 aromatic rings. The third kappa shape index (κ3) is 2.40. The molecule has 0 aromatic carbocycles. The van der Waals surface area contributed by atoms with Crippen LogP contribution in [-0.2, 0) is 0 Å². The first kappa shape index (κ1) is 9.44. The Hall–Kier alpha value is 0.350. The fourth-order valence-corrected chi connectivity index (χ4v) is 1.77. The SMILES string of the molecule is CC(C)N1CC[C@H](P)C(N)C1. The van der Waals surface area contributed by atoms with E-state index in [0.717, 1.165) is 6.54 Å². The lowest BCUT2D eigenvalue weighted by molar-refractivity contribution is 0.172. The minimum absolute atomic E-state index is 0.358. The molecule has 1 aliphatic rings. The lowest BCUT2D eigenvalue weighted by Gasteiger charge is -2.37. The number of hydrogen-bond donors (Lipinski definition) is 1. The van der Waals surface area contributed by atoms with Crippen molar-refractivity contribution in [3.05, 3.63) is 0 Å². The summed E-state index contributed by atoms with van der Waals surface area (Å²) in [6.07, 6.45) is 1.23. The molecule has 2 N–H and O–H groups in total. The van der Waals surface area contributed by atoms with Crippen LogP contribution in [0.1, 0.15) is 20.3 Å². The Morgan fingerprint density at radius 1 is 1.55 bits per heavy atom. The molecule has 0 aliphatic carbocycles. The highest BCUT2D eigenvalue weighted by atomic mass is 31.0. The van der Waals surface area contributed by atoms with Crippen LogP contribution in [0.5, 0.6) is 0 Å². The van der Waals surface area contributed by atoms with Crippen LogP contribution in [0.4, 0.5) is 0 Å². The van der Waals surface area contributed by atoms with Crippen molar-refractivity contribution in [2.24, 2.45) is 5.73 Å². The van der Waals surface area contributed by atoms with E-state index in [1.54, 1.807) is 0 Å². The van der Waals surface area contributed by atoms with Crippen LogP contribution in [-0.4, -0.2) is 35.7 Å². The number of rotatable bonds is 1. The first-order valence-electron chi connectivity index (χ1n) is 4.36. The predicted octanol–water partition coefficient (Wildman–Crippen LogP) is 0.671. The Balaban J connectivity index is 2.40. The molecule has 1 rings (SSSR count). The van der Waals surface area contributed by atoms with Crippen molar-refractivity contribution in [2.75, 3.05) is 13.1 Å². The Morgan fingerprint density at radius 2 is 2.18 bits per heavy atom. The van der Waals surface area contributed by atoms with Crippen LogP contribution in [0.15, 0.2) is 0 Å². The molecule has 3 atom stereocenters. The van der Waals surface area contributed by atoms with Crippen LogP contribution >= 0.6 is 9.24 Å². The van der Waals surface area contributed by atoms with Crippen molar-refractivity contribution in [2.45, 2.75) is 38.0 Å². The molecule has 0 radical (unpaired) electrons. The highest BCUT2D eigenvalue weighted by molar-refractivity contribution is 7.17. The topological polar surface area (TPSA) is 29.3 Å². The predicted molar refractivity (Wildman–Crippen MR) is 52.8 cm³/mol. The second kappa shape index (κ2) is 3.84. The normalized spacial score (nSPS) is 34.6. The van der Waals surface area contributed by atoms with Crippen molar-refractivity contribution in [3.8, 4) is 0 Å². The summed E-state index contributed by atoms with van der Waals surface area (Å²) in [4.78, 5) is 2.45. The molecule has 2 nitrogen and oxygen atoms in total. The van der Waals surface area contributed by atoms with Gasteiger partial charge in [-0.1, -0.05) is 0 Å². The summed E-state index contributed by atoms with van der Waals surface area (Å²) >= 11 is 0. The third-order valence-electron chi connectivity index (χ3n) is 2.48. The molecule has 1 aliphatic heterocycles. The molecule has 0 spiro atoms. The molecule has 2 unspecified atom stereocenters. The molecule has 1 fully saturated rings. The zero-order valence-corrected chi connectivity index (χ0v) is 8.61. The maximum atomic E-state index is 5.94. The average molecular weight is 174 g/mol. The van der Waals surface area contributed by atoms with Crippen LogP contribution in [0.3, 0.4) is 0 Å². The number of nitrogens with zero attached hydrogens (tertiary/aromatic N) is 1. The van der Waals surface area contributed by atoms with Crippen molar-refractivity contribution >= 4 is 9.24 Å². The monoisotopic (exact) mass is 174 g/mol. The second-order valence-electron chi connectivity index (χ2n) is 3.71. The molecule has 11 heavy (non-hydrogen) atoms. The van der Waals surface area contributed by atoms with E-state index in [1.165, 1.54) is 13.0 Å². The van der Waals surface area contributed by atoms with Gasteiger partial charge in [0.2, 0.25) is 0 Å². The van der Waals surface area contributed by atoms with Gasteiger partial charge in [-0.05, 0) is 32.5 Å². The number of hydrogen-bond acceptors (Lipinski definition) is 2. The maximum Gasteiger partial charge on any atom is 0.0232 e. The minimum Gasteiger partial charge on any atom is -0.326 e. The Morgan fingerprint density at radius 3 is 2.64 bits per heavy atom. The van der Waals surface area contributed by atoms with Gasteiger partial charge in [0.1, 0.15) is 0 Å². The summed E-state index contributed by atoms with van der Waals surface area (Å²) < 4.78 is 0. The van der Waals surface area contributed by atoms with E-state index in [2.05, 4.69) is 28.0 Å². The number of nitrogens with two attached hydrogens (primary N) is 1. The lowest BCUT2D eigenvalue weighted by Crippen LogP contribution is -2.51. The molecule has 0 amide bonds. The summed E-state index contributed by atoms with van der Waals surface area (Å²) in [6, 6.07) is 1.01. The van der Waals surface area contributed by atoms with Crippen LogP contribution < -0.4 is 5.73 Å². The molecular weight excluding hydrogens is 155 g/mol. The van der Waals surface area contributed by atoms with Crippen LogP contribution in [0, 0.1) is 0 Å². The highest BCUT2D eigenvalue weighted by Crippen LogP contribution is 2.18. The Kier molecular flexibility index (Phi) is 3.29. The largest absolute Gasteiger partial charge is 0.326 e. The van der Waals surface area contributed by atoms with Gasteiger partial charge in [0.25, 0.3) is 0 Å². The van der Waals surface area contributed by atoms with Gasteiger partial charge in [-0.15, -0.1) is 9.24 Å². The van der Waals surface area contributed by atoms with Gasteiger partial charge in [-0.2, -0.15) is 0 Å². The number of likely N-dealkylation sites (tertiary alicyclic amines) is 1. The van der Waals surface area contributed by atoms with E-state index in [9.17, 15) is 0 Å². The van der Waals surface area contributed by atoms with E-state index in [0.29, 0.717) is 17.7 Å². The standard InChI is InChI=1S/C8H19N2P/c1-6(2)10-4-3-8(11)7(9)5-10/h6-8H,3-5,9,11H2,1-2H3/t7?,8-/m0/s1. The Bertz CT molecular complexity index is 127. The van der Waals surface area contributed by atoms with Gasteiger partial charge < -0.3 is 5.73 Å². The zero-order chi connectivity index (χ0) is 8.43. The summed E-state index contributed by atoms with van der Waals surface area (Å²) in [5.41, 5.74) is 6.57. The molecule has 3 heteroatoms. The van der Waals surface area contributed by atoms with E-state index in [-0.39, 0.29) is 0 Å². The lowest BCUT2D eigenvalue weighted by atomic mass is 10.0. The van der Waals surface area contributed by atoms with E-state index >= 15 is 0 Å². The third-order valence-corrected chi connectivity index (χ3v) is 3.30.